The molecule has 0 radical (unpaired) electrons. The monoisotopic (exact) mass is 281 g/mol. The van der Waals surface area contributed by atoms with Gasteiger partial charge in [0.2, 0.25) is 0 Å². The molecule has 1 fully saturated rings. The van der Waals surface area contributed by atoms with Crippen LogP contribution in [0.5, 0.6) is 0 Å². The summed E-state index contributed by atoms with van der Waals surface area (Å²) in [4.78, 5) is 11.6. The summed E-state index contributed by atoms with van der Waals surface area (Å²) >= 11 is 6.28. The minimum absolute atomic E-state index is 0.537. The van der Waals surface area contributed by atoms with Crippen molar-refractivity contribution in [2.24, 2.45) is 5.92 Å². The molecule has 1 aromatic heterocycles. The largest absolute Gasteiger partial charge is 0.353 e. The fraction of sp³-hybridized carbons (Fsp3) is 0.733. The summed E-state index contributed by atoms with van der Waals surface area (Å²) in [6.07, 6.45) is 4.47. The highest BCUT2D eigenvalue weighted by Gasteiger charge is 2.26. The smallest absolute Gasteiger partial charge is 0.137 e. The van der Waals surface area contributed by atoms with Gasteiger partial charge in [0, 0.05) is 24.6 Å². The summed E-state index contributed by atoms with van der Waals surface area (Å²) in [5.41, 5.74) is 1.02. The number of hydrogen-bond acceptors (Lipinski definition) is 3. The van der Waals surface area contributed by atoms with E-state index in [1.807, 2.05) is 6.92 Å². The van der Waals surface area contributed by atoms with Crippen molar-refractivity contribution < 1.29 is 0 Å². The van der Waals surface area contributed by atoms with Crippen molar-refractivity contribution in [3.05, 3.63) is 16.5 Å². The summed E-state index contributed by atoms with van der Waals surface area (Å²) < 4.78 is 0. The predicted octanol–water partition coefficient (Wildman–Crippen LogP) is 4.02. The van der Waals surface area contributed by atoms with Gasteiger partial charge >= 0.3 is 0 Å². The van der Waals surface area contributed by atoms with E-state index in [9.17, 15) is 0 Å². The topological polar surface area (TPSA) is 29.0 Å². The Bertz CT molecular complexity index is 447. The molecular formula is C15H24ClN3. The molecule has 0 amide bonds. The van der Waals surface area contributed by atoms with Gasteiger partial charge in [-0.05, 0) is 39.0 Å². The van der Waals surface area contributed by atoms with E-state index in [2.05, 4.69) is 30.7 Å². The van der Waals surface area contributed by atoms with Gasteiger partial charge < -0.3 is 4.90 Å². The zero-order valence-electron chi connectivity index (χ0n) is 12.4. The fourth-order valence-electron chi connectivity index (χ4n) is 2.72. The van der Waals surface area contributed by atoms with Crippen LogP contribution in [0, 0.1) is 12.8 Å². The van der Waals surface area contributed by atoms with Gasteiger partial charge in [-0.1, -0.05) is 25.4 Å². The van der Waals surface area contributed by atoms with Gasteiger partial charge in [0.25, 0.3) is 0 Å². The fourth-order valence-corrected chi connectivity index (χ4v) is 2.90. The maximum absolute atomic E-state index is 6.28. The first kappa shape index (κ1) is 14.6. The molecule has 1 aliphatic heterocycles. The van der Waals surface area contributed by atoms with Crippen LogP contribution in [0.3, 0.4) is 0 Å². The lowest BCUT2D eigenvalue weighted by Gasteiger charge is -2.38. The first-order valence-corrected chi connectivity index (χ1v) is 7.70. The number of rotatable bonds is 3. The number of aryl methyl sites for hydroxylation is 1. The van der Waals surface area contributed by atoms with E-state index in [0.717, 1.165) is 42.5 Å². The first-order valence-electron chi connectivity index (χ1n) is 7.32. The third-order valence-corrected chi connectivity index (χ3v) is 4.34. The summed E-state index contributed by atoms with van der Waals surface area (Å²) in [6, 6.07) is 0.537. The minimum Gasteiger partial charge on any atom is -0.353 e. The van der Waals surface area contributed by atoms with Crippen LogP contribution in [0.1, 0.15) is 51.4 Å². The van der Waals surface area contributed by atoms with Gasteiger partial charge in [-0.15, -0.1) is 0 Å². The van der Waals surface area contributed by atoms with Crippen LogP contribution in [0.4, 0.5) is 5.82 Å². The zero-order chi connectivity index (χ0) is 14.0. The highest BCUT2D eigenvalue weighted by atomic mass is 35.5. The second kappa shape index (κ2) is 6.08. The van der Waals surface area contributed by atoms with Crippen LogP contribution < -0.4 is 4.90 Å². The number of anilines is 1. The molecule has 2 heterocycles. The molecule has 3 nitrogen and oxygen atoms in total. The number of halogens is 1. The van der Waals surface area contributed by atoms with Crippen LogP contribution >= 0.6 is 11.6 Å². The maximum atomic E-state index is 6.28. The summed E-state index contributed by atoms with van der Waals surface area (Å²) in [7, 11) is 0. The molecule has 1 aromatic rings. The quantitative estimate of drug-likeness (QED) is 0.784. The van der Waals surface area contributed by atoms with Gasteiger partial charge in [0.15, 0.2) is 0 Å². The van der Waals surface area contributed by atoms with E-state index in [0.29, 0.717) is 11.2 Å². The van der Waals surface area contributed by atoms with Gasteiger partial charge in [-0.2, -0.15) is 0 Å². The standard InChI is InChI=1S/C15H24ClN3/c1-5-6-13-17-14(16)12(4)15(18-13)19-9-10(2)7-8-11(19)3/h10-11H,5-9H2,1-4H3. The zero-order valence-corrected chi connectivity index (χ0v) is 13.2. The van der Waals surface area contributed by atoms with E-state index in [1.165, 1.54) is 12.8 Å². The van der Waals surface area contributed by atoms with Crippen molar-refractivity contribution in [3.63, 3.8) is 0 Å². The molecule has 4 heteroatoms. The Kier molecular flexibility index (Phi) is 4.67. The molecule has 0 aliphatic carbocycles. The number of aromatic nitrogens is 2. The Morgan fingerprint density at radius 3 is 2.68 bits per heavy atom. The molecule has 2 unspecified atom stereocenters. The average molecular weight is 282 g/mol. The number of hydrogen-bond donors (Lipinski definition) is 0. The molecule has 0 bridgehead atoms. The van der Waals surface area contributed by atoms with Crippen molar-refractivity contribution in [2.75, 3.05) is 11.4 Å². The molecule has 0 spiro atoms. The first-order chi connectivity index (χ1) is 9.02. The summed E-state index contributed by atoms with van der Waals surface area (Å²) in [5, 5.41) is 0.610. The van der Waals surface area contributed by atoms with Crippen LogP contribution in [0.15, 0.2) is 0 Å². The highest BCUT2D eigenvalue weighted by Crippen LogP contribution is 2.30. The SMILES string of the molecule is CCCc1nc(Cl)c(C)c(N2CC(C)CCC2C)n1. The third-order valence-electron chi connectivity index (χ3n) is 3.97. The molecule has 2 rings (SSSR count). The molecule has 2 atom stereocenters. The lowest BCUT2D eigenvalue weighted by molar-refractivity contribution is 0.387. The molecule has 1 aliphatic rings. The molecule has 19 heavy (non-hydrogen) atoms. The van der Waals surface area contributed by atoms with Gasteiger partial charge in [-0.25, -0.2) is 9.97 Å². The van der Waals surface area contributed by atoms with E-state index in [1.54, 1.807) is 0 Å². The van der Waals surface area contributed by atoms with E-state index >= 15 is 0 Å². The molecule has 0 aromatic carbocycles. The normalized spacial score (nSPS) is 23.7. The van der Waals surface area contributed by atoms with Crippen LogP contribution in [-0.4, -0.2) is 22.6 Å². The number of nitrogens with zero attached hydrogens (tertiary/aromatic N) is 3. The Labute approximate surface area is 121 Å². The van der Waals surface area contributed by atoms with Crippen molar-refractivity contribution in [3.8, 4) is 0 Å². The summed E-state index contributed by atoms with van der Waals surface area (Å²) in [5.74, 6) is 2.64. The molecular weight excluding hydrogens is 258 g/mol. The molecule has 0 N–H and O–H groups in total. The van der Waals surface area contributed by atoms with Crippen LogP contribution in [0.25, 0.3) is 0 Å². The van der Waals surface area contributed by atoms with Gasteiger partial charge in [0.05, 0.1) is 0 Å². The number of piperidine rings is 1. The Morgan fingerprint density at radius 2 is 2.00 bits per heavy atom. The second-order valence-corrected chi connectivity index (χ2v) is 6.17. The predicted molar refractivity (Wildman–Crippen MR) is 81.0 cm³/mol. The minimum atomic E-state index is 0.537. The van der Waals surface area contributed by atoms with Crippen molar-refractivity contribution >= 4 is 17.4 Å². The molecule has 1 saturated heterocycles. The second-order valence-electron chi connectivity index (χ2n) is 5.81. The Morgan fingerprint density at radius 1 is 1.26 bits per heavy atom. The summed E-state index contributed by atoms with van der Waals surface area (Å²) in [6.45, 7) is 9.83. The molecule has 0 saturated carbocycles. The van der Waals surface area contributed by atoms with Crippen molar-refractivity contribution in [2.45, 2.75) is 59.4 Å². The highest BCUT2D eigenvalue weighted by molar-refractivity contribution is 6.30. The van der Waals surface area contributed by atoms with Crippen LogP contribution in [0.2, 0.25) is 5.15 Å². The average Bonchev–Trinajstić information content (AvgIpc) is 2.37. The van der Waals surface area contributed by atoms with Gasteiger partial charge in [0.1, 0.15) is 16.8 Å². The van der Waals surface area contributed by atoms with Crippen molar-refractivity contribution in [1.29, 1.82) is 0 Å². The van der Waals surface area contributed by atoms with Gasteiger partial charge in [-0.3, -0.25) is 0 Å². The van der Waals surface area contributed by atoms with Crippen molar-refractivity contribution in [1.82, 2.24) is 9.97 Å². The maximum Gasteiger partial charge on any atom is 0.137 e. The molecule has 106 valence electrons. The lowest BCUT2D eigenvalue weighted by atomic mass is 9.95. The lowest BCUT2D eigenvalue weighted by Crippen LogP contribution is -2.42. The Balaban J connectivity index is 2.36. The Hall–Kier alpha value is -0.830. The van der Waals surface area contributed by atoms with Crippen LogP contribution in [-0.2, 0) is 6.42 Å². The van der Waals surface area contributed by atoms with E-state index < -0.39 is 0 Å². The third kappa shape index (κ3) is 3.19. The van der Waals surface area contributed by atoms with E-state index in [4.69, 9.17) is 16.6 Å². The van der Waals surface area contributed by atoms with E-state index in [-0.39, 0.29) is 0 Å².